The van der Waals surface area contributed by atoms with E-state index in [0.717, 1.165) is 6.26 Å². The Morgan fingerprint density at radius 2 is 1.75 bits per heavy atom. The first-order valence-corrected chi connectivity index (χ1v) is 11.3. The predicted octanol–water partition coefficient (Wildman–Crippen LogP) is 2.28. The van der Waals surface area contributed by atoms with Crippen molar-refractivity contribution in [1.29, 1.82) is 0 Å². The standard InChI is InChI=1S/C22H18N4O5S/c1-31-22(28)15-5-3-7-17(13-15)26-19(9-11-23-26)21-20(27)10-12-25(24-21)16-6-4-8-18(14-16)32(2,29)30/h3-14H,1-2H3. The first-order chi connectivity index (χ1) is 15.3. The number of hydrogen-bond donors (Lipinski definition) is 0. The van der Waals surface area contributed by atoms with Gasteiger partial charge >= 0.3 is 5.97 Å². The van der Waals surface area contributed by atoms with Crippen molar-refractivity contribution in [3.05, 3.63) is 88.8 Å². The lowest BCUT2D eigenvalue weighted by atomic mass is 10.2. The zero-order valence-electron chi connectivity index (χ0n) is 17.2. The zero-order valence-corrected chi connectivity index (χ0v) is 18.0. The van der Waals surface area contributed by atoms with Crippen LogP contribution in [0.2, 0.25) is 0 Å². The second-order valence-corrected chi connectivity index (χ2v) is 8.93. The van der Waals surface area contributed by atoms with E-state index in [9.17, 15) is 18.0 Å². The summed E-state index contributed by atoms with van der Waals surface area (Å²) in [5, 5.41) is 8.70. The van der Waals surface area contributed by atoms with Gasteiger partial charge in [-0.3, -0.25) is 4.79 Å². The minimum absolute atomic E-state index is 0.109. The summed E-state index contributed by atoms with van der Waals surface area (Å²) in [5.74, 6) is -0.494. The van der Waals surface area contributed by atoms with Crippen molar-refractivity contribution in [3.63, 3.8) is 0 Å². The molecule has 0 radical (unpaired) electrons. The Morgan fingerprint density at radius 3 is 2.50 bits per heavy atom. The smallest absolute Gasteiger partial charge is 0.337 e. The number of carbonyl (C=O) groups excluding carboxylic acids is 1. The van der Waals surface area contributed by atoms with Gasteiger partial charge in [0.25, 0.3) is 0 Å². The number of methoxy groups -OCH3 is 1. The van der Waals surface area contributed by atoms with Gasteiger partial charge in [-0.1, -0.05) is 12.1 Å². The number of ether oxygens (including phenoxy) is 1. The van der Waals surface area contributed by atoms with Crippen LogP contribution in [-0.2, 0) is 14.6 Å². The Hall–Kier alpha value is -4.05. The lowest BCUT2D eigenvalue weighted by Crippen LogP contribution is -2.15. The van der Waals surface area contributed by atoms with Crippen molar-refractivity contribution in [2.24, 2.45) is 0 Å². The minimum atomic E-state index is -3.41. The molecule has 0 saturated heterocycles. The number of hydrogen-bond acceptors (Lipinski definition) is 7. The highest BCUT2D eigenvalue weighted by Crippen LogP contribution is 2.20. The zero-order chi connectivity index (χ0) is 22.9. The van der Waals surface area contributed by atoms with E-state index in [4.69, 9.17) is 4.74 Å². The van der Waals surface area contributed by atoms with Crippen LogP contribution < -0.4 is 5.43 Å². The molecule has 2 aromatic heterocycles. The van der Waals surface area contributed by atoms with Gasteiger partial charge in [-0.05, 0) is 42.5 Å². The summed E-state index contributed by atoms with van der Waals surface area (Å²) in [5.41, 5.74) is 1.54. The molecule has 0 aliphatic carbocycles. The molecule has 0 aliphatic heterocycles. The van der Waals surface area contributed by atoms with E-state index in [-0.39, 0.29) is 16.0 Å². The Balaban J connectivity index is 1.82. The highest BCUT2D eigenvalue weighted by Gasteiger charge is 2.16. The second-order valence-electron chi connectivity index (χ2n) is 6.91. The van der Waals surface area contributed by atoms with Crippen molar-refractivity contribution in [3.8, 4) is 22.8 Å². The summed E-state index contributed by atoms with van der Waals surface area (Å²) in [6, 6.07) is 15.9. The van der Waals surface area contributed by atoms with Crippen molar-refractivity contribution < 1.29 is 17.9 Å². The van der Waals surface area contributed by atoms with Crippen LogP contribution in [0.4, 0.5) is 0 Å². The molecule has 0 N–H and O–H groups in total. The number of esters is 1. The van der Waals surface area contributed by atoms with Gasteiger partial charge in [0.05, 0.1) is 40.8 Å². The molecule has 0 saturated carbocycles. The molecular weight excluding hydrogens is 432 g/mol. The maximum absolute atomic E-state index is 12.6. The summed E-state index contributed by atoms with van der Waals surface area (Å²) in [4.78, 5) is 24.7. The largest absolute Gasteiger partial charge is 0.465 e. The van der Waals surface area contributed by atoms with Gasteiger partial charge in [0, 0.05) is 18.5 Å². The molecule has 0 atom stereocenters. The normalized spacial score (nSPS) is 11.3. The number of benzene rings is 2. The van der Waals surface area contributed by atoms with Gasteiger partial charge in [-0.25, -0.2) is 22.6 Å². The Kier molecular flexibility index (Phi) is 5.45. The Labute approximate surface area is 183 Å². The quantitative estimate of drug-likeness (QED) is 0.429. The number of aromatic nitrogens is 4. The van der Waals surface area contributed by atoms with Crippen LogP contribution in [-0.4, -0.2) is 47.3 Å². The van der Waals surface area contributed by atoms with Crippen molar-refractivity contribution in [2.45, 2.75) is 4.90 Å². The lowest BCUT2D eigenvalue weighted by molar-refractivity contribution is 0.0600. The van der Waals surface area contributed by atoms with Crippen molar-refractivity contribution in [2.75, 3.05) is 13.4 Å². The third-order valence-corrected chi connectivity index (χ3v) is 5.83. The van der Waals surface area contributed by atoms with E-state index < -0.39 is 15.8 Å². The number of rotatable bonds is 5. The van der Waals surface area contributed by atoms with Gasteiger partial charge < -0.3 is 4.74 Å². The van der Waals surface area contributed by atoms with Crippen LogP contribution in [0.1, 0.15) is 10.4 Å². The van der Waals surface area contributed by atoms with E-state index in [0.29, 0.717) is 22.6 Å². The number of sulfone groups is 1. The summed E-state index contributed by atoms with van der Waals surface area (Å²) in [6.07, 6.45) is 4.10. The molecule has 0 amide bonds. The van der Waals surface area contributed by atoms with Gasteiger partial charge in [0.15, 0.2) is 15.5 Å². The molecule has 162 valence electrons. The van der Waals surface area contributed by atoms with E-state index in [2.05, 4.69) is 10.2 Å². The molecule has 0 unspecified atom stereocenters. The molecule has 2 heterocycles. The maximum atomic E-state index is 12.6. The Morgan fingerprint density at radius 1 is 1.00 bits per heavy atom. The average molecular weight is 450 g/mol. The molecule has 9 nitrogen and oxygen atoms in total. The van der Waals surface area contributed by atoms with Crippen molar-refractivity contribution >= 4 is 15.8 Å². The fourth-order valence-electron chi connectivity index (χ4n) is 3.16. The molecule has 10 heteroatoms. The highest BCUT2D eigenvalue weighted by atomic mass is 32.2. The summed E-state index contributed by atoms with van der Waals surface area (Å²) >= 11 is 0. The predicted molar refractivity (Wildman–Crippen MR) is 117 cm³/mol. The summed E-state index contributed by atoms with van der Waals surface area (Å²) < 4.78 is 31.5. The maximum Gasteiger partial charge on any atom is 0.337 e. The molecule has 0 fully saturated rings. The summed E-state index contributed by atoms with van der Waals surface area (Å²) in [6.45, 7) is 0. The fourth-order valence-corrected chi connectivity index (χ4v) is 3.82. The SMILES string of the molecule is COC(=O)c1cccc(-n2nccc2-c2nn(-c3cccc(S(C)(=O)=O)c3)ccc2=O)c1. The molecule has 4 rings (SSSR count). The lowest BCUT2D eigenvalue weighted by Gasteiger charge is -2.11. The van der Waals surface area contributed by atoms with Crippen LogP contribution in [0.5, 0.6) is 0 Å². The topological polar surface area (TPSA) is 113 Å². The van der Waals surface area contributed by atoms with Crippen LogP contribution in [0, 0.1) is 0 Å². The molecular formula is C22H18N4O5S. The van der Waals surface area contributed by atoms with Crippen LogP contribution >= 0.6 is 0 Å². The Bertz CT molecular complexity index is 1490. The van der Waals surface area contributed by atoms with E-state index >= 15 is 0 Å². The molecule has 2 aromatic carbocycles. The monoisotopic (exact) mass is 450 g/mol. The van der Waals surface area contributed by atoms with Gasteiger partial charge in [0.2, 0.25) is 5.43 Å². The molecule has 4 aromatic rings. The van der Waals surface area contributed by atoms with Gasteiger partial charge in [-0.15, -0.1) is 0 Å². The number of nitrogens with zero attached hydrogens (tertiary/aromatic N) is 4. The highest BCUT2D eigenvalue weighted by molar-refractivity contribution is 7.90. The van der Waals surface area contributed by atoms with E-state index in [1.807, 2.05) is 0 Å². The van der Waals surface area contributed by atoms with Crippen LogP contribution in [0.3, 0.4) is 0 Å². The van der Waals surface area contributed by atoms with Crippen LogP contribution in [0.25, 0.3) is 22.8 Å². The van der Waals surface area contributed by atoms with E-state index in [1.165, 1.54) is 47.1 Å². The van der Waals surface area contributed by atoms with Gasteiger partial charge in [0.1, 0.15) is 0 Å². The third kappa shape index (κ3) is 4.08. The first-order valence-electron chi connectivity index (χ1n) is 9.41. The average Bonchev–Trinajstić information content (AvgIpc) is 3.28. The second kappa shape index (κ2) is 8.23. The fraction of sp³-hybridized carbons (Fsp3) is 0.0909. The van der Waals surface area contributed by atoms with Crippen LogP contribution in [0.15, 0.2) is 82.7 Å². The molecule has 32 heavy (non-hydrogen) atoms. The van der Waals surface area contributed by atoms with E-state index in [1.54, 1.807) is 42.5 Å². The molecule has 0 aliphatic rings. The minimum Gasteiger partial charge on any atom is -0.465 e. The molecule has 0 bridgehead atoms. The van der Waals surface area contributed by atoms with Gasteiger partial charge in [-0.2, -0.15) is 10.2 Å². The summed E-state index contributed by atoms with van der Waals surface area (Å²) in [7, 11) is -2.11. The van der Waals surface area contributed by atoms with Crippen molar-refractivity contribution in [1.82, 2.24) is 19.6 Å². The molecule has 0 spiro atoms. The first kappa shape index (κ1) is 21.2. The number of carbonyl (C=O) groups is 1. The third-order valence-electron chi connectivity index (χ3n) is 4.72.